The molecular weight excluding hydrogens is 397 g/mol. The number of terminal acetylenes is 1. The van der Waals surface area contributed by atoms with Gasteiger partial charge in [-0.05, 0) is 44.6 Å². The highest BCUT2D eigenvalue weighted by molar-refractivity contribution is 5.80. The molecule has 2 heterocycles. The molecule has 1 amide bonds. The second kappa shape index (κ2) is 9.36. The molecule has 160 valence electrons. The van der Waals surface area contributed by atoms with Crippen LogP contribution in [-0.2, 0) is 11.0 Å². The number of hydrogen-bond acceptors (Lipinski definition) is 5. The highest BCUT2D eigenvalue weighted by atomic mass is 19.4. The van der Waals surface area contributed by atoms with Gasteiger partial charge in [0.05, 0.1) is 24.2 Å². The van der Waals surface area contributed by atoms with Crippen LogP contribution in [0.1, 0.15) is 44.1 Å². The summed E-state index contributed by atoms with van der Waals surface area (Å²) in [5, 5.41) is 12.4. The van der Waals surface area contributed by atoms with Gasteiger partial charge in [-0.25, -0.2) is 4.98 Å². The maximum absolute atomic E-state index is 12.8. The van der Waals surface area contributed by atoms with Gasteiger partial charge in [0.25, 0.3) is 0 Å². The fraction of sp³-hybridized carbons (Fsp3) is 0.571. The molecule has 1 saturated heterocycles. The van der Waals surface area contributed by atoms with Crippen molar-refractivity contribution in [2.24, 2.45) is 0 Å². The standard InChI is InChI=1S/C21H23F3N4O2/c1-2-16-5-6-17(12-25)28(16)20(29)13-27-15-3-7-18(8-4-15)30-19-11-14(9-10-26-19)21(22,23)24/h1,9-11,15-18,27H,3-8,13H2/t15?,16-,17-,18?/m0/s1. The monoisotopic (exact) mass is 420 g/mol. The molecule has 1 saturated carbocycles. The summed E-state index contributed by atoms with van der Waals surface area (Å²) in [5.74, 6) is 2.35. The van der Waals surface area contributed by atoms with Crippen molar-refractivity contribution >= 4 is 5.91 Å². The van der Waals surface area contributed by atoms with Crippen LogP contribution in [0.5, 0.6) is 5.88 Å². The number of hydrogen-bond donors (Lipinski definition) is 1. The maximum atomic E-state index is 12.8. The zero-order valence-electron chi connectivity index (χ0n) is 16.4. The van der Waals surface area contributed by atoms with E-state index in [-0.39, 0.29) is 36.5 Å². The molecule has 0 aromatic carbocycles. The number of likely N-dealkylation sites (tertiary alicyclic amines) is 1. The highest BCUT2D eigenvalue weighted by Gasteiger charge is 2.36. The fourth-order valence-electron chi connectivity index (χ4n) is 3.98. The zero-order valence-corrected chi connectivity index (χ0v) is 16.4. The molecule has 1 aliphatic heterocycles. The van der Waals surface area contributed by atoms with E-state index >= 15 is 0 Å². The number of nitriles is 1. The Bertz CT molecular complexity index is 816. The molecule has 0 spiro atoms. The van der Waals surface area contributed by atoms with Crippen LogP contribution in [0.4, 0.5) is 13.2 Å². The van der Waals surface area contributed by atoms with E-state index in [9.17, 15) is 23.2 Å². The molecule has 1 N–H and O–H groups in total. The molecule has 2 aliphatic rings. The van der Waals surface area contributed by atoms with Crippen molar-refractivity contribution < 1.29 is 22.7 Å². The van der Waals surface area contributed by atoms with Gasteiger partial charge < -0.3 is 15.0 Å². The number of rotatable bonds is 5. The van der Waals surface area contributed by atoms with Gasteiger partial charge in [0.15, 0.2) is 0 Å². The number of pyridine rings is 1. The van der Waals surface area contributed by atoms with E-state index in [1.54, 1.807) is 0 Å². The minimum Gasteiger partial charge on any atom is -0.474 e. The summed E-state index contributed by atoms with van der Waals surface area (Å²) in [7, 11) is 0. The lowest BCUT2D eigenvalue weighted by molar-refractivity contribution is -0.137. The summed E-state index contributed by atoms with van der Waals surface area (Å²) in [6, 6.07) is 3.22. The molecule has 1 aromatic rings. The lowest BCUT2D eigenvalue weighted by Gasteiger charge is -2.30. The molecule has 9 heteroatoms. The minimum absolute atomic E-state index is 0.0340. The van der Waals surface area contributed by atoms with Crippen LogP contribution in [0.3, 0.4) is 0 Å². The maximum Gasteiger partial charge on any atom is 0.416 e. The zero-order chi connectivity index (χ0) is 21.7. The Morgan fingerprint density at radius 3 is 2.60 bits per heavy atom. The largest absolute Gasteiger partial charge is 0.474 e. The second-order valence-corrected chi connectivity index (χ2v) is 7.56. The number of carbonyl (C=O) groups excluding carboxylic acids is 1. The lowest BCUT2D eigenvalue weighted by atomic mass is 9.93. The van der Waals surface area contributed by atoms with Gasteiger partial charge in [0.1, 0.15) is 12.1 Å². The van der Waals surface area contributed by atoms with Crippen LogP contribution in [0, 0.1) is 23.7 Å². The van der Waals surface area contributed by atoms with Crippen LogP contribution >= 0.6 is 0 Å². The van der Waals surface area contributed by atoms with Crippen molar-refractivity contribution in [3.8, 4) is 24.3 Å². The second-order valence-electron chi connectivity index (χ2n) is 7.56. The Balaban J connectivity index is 1.46. The van der Waals surface area contributed by atoms with Crippen molar-refractivity contribution in [2.75, 3.05) is 6.54 Å². The van der Waals surface area contributed by atoms with Crippen LogP contribution in [0.25, 0.3) is 0 Å². The Morgan fingerprint density at radius 1 is 1.27 bits per heavy atom. The molecule has 30 heavy (non-hydrogen) atoms. The van der Waals surface area contributed by atoms with E-state index in [0.29, 0.717) is 25.7 Å². The Hall–Kier alpha value is -2.78. The quantitative estimate of drug-likeness (QED) is 0.742. The summed E-state index contributed by atoms with van der Waals surface area (Å²) in [6.07, 6.45) is 5.84. The van der Waals surface area contributed by atoms with Crippen molar-refractivity contribution in [1.82, 2.24) is 15.2 Å². The Labute approximate surface area is 173 Å². The van der Waals surface area contributed by atoms with Crippen molar-refractivity contribution in [1.29, 1.82) is 5.26 Å². The van der Waals surface area contributed by atoms with E-state index in [0.717, 1.165) is 31.2 Å². The Kier molecular flexibility index (Phi) is 6.84. The molecule has 6 nitrogen and oxygen atoms in total. The average Bonchev–Trinajstić information content (AvgIpc) is 3.16. The first-order valence-electron chi connectivity index (χ1n) is 9.92. The first-order valence-corrected chi connectivity index (χ1v) is 9.92. The number of nitrogens with zero attached hydrogens (tertiary/aromatic N) is 3. The topological polar surface area (TPSA) is 78.2 Å². The van der Waals surface area contributed by atoms with E-state index in [4.69, 9.17) is 11.2 Å². The molecule has 2 fully saturated rings. The number of ether oxygens (including phenoxy) is 1. The van der Waals surface area contributed by atoms with Gasteiger partial charge in [0, 0.05) is 18.3 Å². The van der Waals surface area contributed by atoms with E-state index in [1.807, 2.05) is 0 Å². The van der Waals surface area contributed by atoms with Crippen LogP contribution in [-0.4, -0.2) is 46.6 Å². The molecular formula is C21H23F3N4O2. The molecule has 1 aliphatic carbocycles. The third-order valence-electron chi connectivity index (χ3n) is 5.58. The van der Waals surface area contributed by atoms with Crippen LogP contribution in [0.15, 0.2) is 18.3 Å². The summed E-state index contributed by atoms with van der Waals surface area (Å²) in [5.41, 5.74) is -0.788. The summed E-state index contributed by atoms with van der Waals surface area (Å²) in [6.45, 7) is 0.0989. The fourth-order valence-corrected chi connectivity index (χ4v) is 3.98. The van der Waals surface area contributed by atoms with Crippen LogP contribution in [0.2, 0.25) is 0 Å². The molecule has 3 rings (SSSR count). The molecule has 0 unspecified atom stereocenters. The number of nitrogens with one attached hydrogen (secondary N) is 1. The summed E-state index contributed by atoms with van der Waals surface area (Å²) >= 11 is 0. The third-order valence-corrected chi connectivity index (χ3v) is 5.58. The number of aromatic nitrogens is 1. The van der Waals surface area contributed by atoms with Crippen molar-refractivity contribution in [3.63, 3.8) is 0 Å². The van der Waals surface area contributed by atoms with Gasteiger partial charge in [-0.1, -0.05) is 5.92 Å². The van der Waals surface area contributed by atoms with Crippen molar-refractivity contribution in [3.05, 3.63) is 23.9 Å². The van der Waals surface area contributed by atoms with Crippen LogP contribution < -0.4 is 10.1 Å². The lowest BCUT2D eigenvalue weighted by Crippen LogP contribution is -2.47. The number of alkyl halides is 3. The summed E-state index contributed by atoms with van der Waals surface area (Å²) in [4.78, 5) is 17.9. The Morgan fingerprint density at radius 2 is 1.97 bits per heavy atom. The SMILES string of the molecule is C#C[C@H]1CC[C@@H](C#N)N1C(=O)CNC1CCC(Oc2cc(C(F)(F)F)ccn2)CC1. The molecule has 1 aromatic heterocycles. The van der Waals surface area contributed by atoms with Gasteiger partial charge in [-0.15, -0.1) is 6.42 Å². The predicted octanol–water partition coefficient (Wildman–Crippen LogP) is 2.90. The van der Waals surface area contributed by atoms with E-state index < -0.39 is 17.8 Å². The third kappa shape index (κ3) is 5.22. The van der Waals surface area contributed by atoms with Gasteiger partial charge in [-0.3, -0.25) is 4.79 Å². The number of carbonyl (C=O) groups is 1. The smallest absolute Gasteiger partial charge is 0.416 e. The van der Waals surface area contributed by atoms with Crippen molar-refractivity contribution in [2.45, 2.75) is 68.9 Å². The molecule has 2 atom stereocenters. The van der Waals surface area contributed by atoms with Gasteiger partial charge in [-0.2, -0.15) is 18.4 Å². The summed E-state index contributed by atoms with van der Waals surface area (Å²) < 4.78 is 44.0. The normalized spacial score (nSPS) is 26.6. The predicted molar refractivity (Wildman–Crippen MR) is 102 cm³/mol. The number of amides is 1. The minimum atomic E-state index is -4.44. The van der Waals surface area contributed by atoms with E-state index in [1.165, 1.54) is 4.90 Å². The number of halogens is 3. The first-order chi connectivity index (χ1) is 14.3. The average molecular weight is 420 g/mol. The first kappa shape index (κ1) is 21.9. The van der Waals surface area contributed by atoms with E-state index in [2.05, 4.69) is 22.3 Å². The molecule has 0 bridgehead atoms. The molecule has 0 radical (unpaired) electrons. The highest BCUT2D eigenvalue weighted by Crippen LogP contribution is 2.31. The van der Waals surface area contributed by atoms with Gasteiger partial charge in [0.2, 0.25) is 11.8 Å². The van der Waals surface area contributed by atoms with Gasteiger partial charge >= 0.3 is 6.18 Å².